The van der Waals surface area contributed by atoms with Gasteiger partial charge in [-0.1, -0.05) is 0 Å². The molecule has 0 spiro atoms. The third-order valence-corrected chi connectivity index (χ3v) is 1.95. The number of carbonyl (C=O) groups is 1. The second kappa shape index (κ2) is 5.36. The molecule has 0 amide bonds. The number of methoxy groups -OCH3 is 2. The molecule has 0 saturated heterocycles. The number of rotatable bonds is 5. The maximum absolute atomic E-state index is 10.5. The van der Waals surface area contributed by atoms with Crippen molar-refractivity contribution in [1.29, 1.82) is 0 Å². The molecule has 4 heteroatoms. The van der Waals surface area contributed by atoms with Crippen molar-refractivity contribution in [3.05, 3.63) is 23.8 Å². The molecule has 0 radical (unpaired) electrons. The molecule has 0 N–H and O–H groups in total. The lowest BCUT2D eigenvalue weighted by Crippen LogP contribution is -2.14. The Hall–Kier alpha value is -1.55. The van der Waals surface area contributed by atoms with E-state index in [4.69, 9.17) is 14.2 Å². The topological polar surface area (TPSA) is 44.8 Å². The summed E-state index contributed by atoms with van der Waals surface area (Å²) in [7, 11) is 3.07. The molecule has 0 fully saturated rings. The second-order valence-corrected chi connectivity index (χ2v) is 2.95. The fourth-order valence-electron chi connectivity index (χ4n) is 1.08. The molecule has 0 aromatic heterocycles. The van der Waals surface area contributed by atoms with Crippen molar-refractivity contribution in [3.63, 3.8) is 0 Å². The summed E-state index contributed by atoms with van der Waals surface area (Å²) >= 11 is 0. The van der Waals surface area contributed by atoms with Crippen LogP contribution in [0.25, 0.3) is 0 Å². The molecule has 0 heterocycles. The van der Waals surface area contributed by atoms with Gasteiger partial charge >= 0.3 is 0 Å². The van der Waals surface area contributed by atoms with E-state index in [-0.39, 0.29) is 6.29 Å². The number of hydrogen-bond donors (Lipinski definition) is 0. The summed E-state index contributed by atoms with van der Waals surface area (Å²) in [4.78, 5) is 10.5. The van der Waals surface area contributed by atoms with E-state index in [2.05, 4.69) is 0 Å². The molecule has 1 aromatic rings. The fourth-order valence-corrected chi connectivity index (χ4v) is 1.08. The first kappa shape index (κ1) is 11.5. The van der Waals surface area contributed by atoms with Crippen molar-refractivity contribution < 1.29 is 19.0 Å². The highest BCUT2D eigenvalue weighted by atomic mass is 16.7. The Kier molecular flexibility index (Phi) is 4.12. The minimum absolute atomic E-state index is 0.360. The Bertz CT molecular complexity index is 335. The normalized spacial score (nSPS) is 11.9. The molecule has 15 heavy (non-hydrogen) atoms. The summed E-state index contributed by atoms with van der Waals surface area (Å²) < 4.78 is 15.5. The third-order valence-electron chi connectivity index (χ3n) is 1.95. The van der Waals surface area contributed by atoms with Crippen LogP contribution >= 0.6 is 0 Å². The highest BCUT2D eigenvalue weighted by molar-refractivity contribution is 5.76. The largest absolute Gasteiger partial charge is 0.493 e. The Morgan fingerprint density at radius 2 is 2.00 bits per heavy atom. The van der Waals surface area contributed by atoms with Gasteiger partial charge in [-0.15, -0.1) is 0 Å². The maximum Gasteiger partial charge on any atom is 0.196 e. The predicted octanol–water partition coefficient (Wildman–Crippen LogP) is 1.88. The molecule has 1 atom stereocenters. The number of carbonyl (C=O) groups excluding carboxylic acids is 1. The first-order chi connectivity index (χ1) is 7.21. The number of ether oxygens (including phenoxy) is 3. The van der Waals surface area contributed by atoms with Crippen LogP contribution in [0.15, 0.2) is 18.2 Å². The first-order valence-electron chi connectivity index (χ1n) is 4.54. The Balaban J connectivity index is 2.92. The van der Waals surface area contributed by atoms with Gasteiger partial charge in [0.1, 0.15) is 6.29 Å². The average Bonchev–Trinajstić information content (AvgIpc) is 2.29. The zero-order valence-corrected chi connectivity index (χ0v) is 9.02. The van der Waals surface area contributed by atoms with Crippen molar-refractivity contribution in [1.82, 2.24) is 0 Å². The zero-order chi connectivity index (χ0) is 11.3. The van der Waals surface area contributed by atoms with Crippen LogP contribution < -0.4 is 9.47 Å². The van der Waals surface area contributed by atoms with E-state index in [1.165, 1.54) is 7.11 Å². The Labute approximate surface area is 88.8 Å². The zero-order valence-electron chi connectivity index (χ0n) is 9.02. The highest BCUT2D eigenvalue weighted by Crippen LogP contribution is 2.28. The quantitative estimate of drug-likeness (QED) is 0.549. The summed E-state index contributed by atoms with van der Waals surface area (Å²) in [5.41, 5.74) is 0.546. The van der Waals surface area contributed by atoms with Gasteiger partial charge in [-0.25, -0.2) is 0 Å². The molecule has 0 aliphatic heterocycles. The minimum Gasteiger partial charge on any atom is -0.493 e. The maximum atomic E-state index is 10.5. The van der Waals surface area contributed by atoms with Crippen molar-refractivity contribution in [3.8, 4) is 11.5 Å². The predicted molar refractivity (Wildman–Crippen MR) is 55.5 cm³/mol. The van der Waals surface area contributed by atoms with Gasteiger partial charge in [0.25, 0.3) is 0 Å². The van der Waals surface area contributed by atoms with Crippen LogP contribution in [-0.4, -0.2) is 26.8 Å². The molecule has 1 aromatic carbocycles. The van der Waals surface area contributed by atoms with Gasteiger partial charge < -0.3 is 14.2 Å². The number of aldehydes is 1. The number of hydrogen-bond acceptors (Lipinski definition) is 4. The van der Waals surface area contributed by atoms with Crippen molar-refractivity contribution in [2.45, 2.75) is 13.2 Å². The van der Waals surface area contributed by atoms with Crippen LogP contribution in [0.1, 0.15) is 17.3 Å². The lowest BCUT2D eigenvalue weighted by molar-refractivity contribution is -0.0395. The monoisotopic (exact) mass is 210 g/mol. The number of benzene rings is 1. The van der Waals surface area contributed by atoms with Crippen molar-refractivity contribution in [2.75, 3.05) is 14.2 Å². The molecule has 82 valence electrons. The molecule has 0 saturated carbocycles. The molecule has 1 rings (SSSR count). The minimum atomic E-state index is -0.360. The Morgan fingerprint density at radius 3 is 2.53 bits per heavy atom. The highest BCUT2D eigenvalue weighted by Gasteiger charge is 2.08. The summed E-state index contributed by atoms with van der Waals surface area (Å²) in [6.07, 6.45) is 0.396. The fraction of sp³-hybridized carbons (Fsp3) is 0.364. The first-order valence-corrected chi connectivity index (χ1v) is 4.54. The van der Waals surface area contributed by atoms with Gasteiger partial charge in [0.15, 0.2) is 17.8 Å². The molecule has 4 nitrogen and oxygen atoms in total. The van der Waals surface area contributed by atoms with Crippen LogP contribution in [0.2, 0.25) is 0 Å². The smallest absolute Gasteiger partial charge is 0.196 e. The van der Waals surface area contributed by atoms with E-state index in [0.29, 0.717) is 17.1 Å². The van der Waals surface area contributed by atoms with Gasteiger partial charge in [-0.3, -0.25) is 4.79 Å². The molecule has 0 aliphatic rings. The summed E-state index contributed by atoms with van der Waals surface area (Å²) in [5.74, 6) is 1.07. The lowest BCUT2D eigenvalue weighted by Gasteiger charge is -2.15. The van der Waals surface area contributed by atoms with Gasteiger partial charge in [0, 0.05) is 12.7 Å². The van der Waals surface area contributed by atoms with Gasteiger partial charge in [-0.05, 0) is 25.1 Å². The third kappa shape index (κ3) is 2.95. The van der Waals surface area contributed by atoms with E-state index in [1.54, 1.807) is 32.2 Å². The van der Waals surface area contributed by atoms with Crippen molar-refractivity contribution in [2.24, 2.45) is 0 Å². The van der Waals surface area contributed by atoms with Crippen molar-refractivity contribution >= 4 is 6.29 Å². The molecular weight excluding hydrogens is 196 g/mol. The van der Waals surface area contributed by atoms with Gasteiger partial charge in [0.2, 0.25) is 0 Å². The van der Waals surface area contributed by atoms with Crippen LogP contribution in [0.5, 0.6) is 11.5 Å². The van der Waals surface area contributed by atoms with E-state index >= 15 is 0 Å². The van der Waals surface area contributed by atoms with E-state index < -0.39 is 0 Å². The molecule has 0 bridgehead atoms. The SMILES string of the molecule is COc1cc(C=O)ccc1OC(C)OC. The van der Waals surface area contributed by atoms with Gasteiger partial charge in [0.05, 0.1) is 7.11 Å². The molecular formula is C11H14O4. The van der Waals surface area contributed by atoms with Crippen LogP contribution in [-0.2, 0) is 4.74 Å². The van der Waals surface area contributed by atoms with Crippen LogP contribution in [0.4, 0.5) is 0 Å². The Morgan fingerprint density at radius 1 is 1.27 bits per heavy atom. The average molecular weight is 210 g/mol. The van der Waals surface area contributed by atoms with Gasteiger partial charge in [-0.2, -0.15) is 0 Å². The van der Waals surface area contributed by atoms with Crippen LogP contribution in [0, 0.1) is 0 Å². The van der Waals surface area contributed by atoms with E-state index in [9.17, 15) is 4.79 Å². The summed E-state index contributed by atoms with van der Waals surface area (Å²) in [6.45, 7) is 1.77. The van der Waals surface area contributed by atoms with E-state index in [0.717, 1.165) is 6.29 Å². The molecule has 0 aliphatic carbocycles. The lowest BCUT2D eigenvalue weighted by atomic mass is 10.2. The standard InChI is InChI=1S/C11H14O4/c1-8(13-2)15-10-5-4-9(7-12)6-11(10)14-3/h4-8H,1-3H3. The van der Waals surface area contributed by atoms with E-state index in [1.807, 2.05) is 0 Å². The summed E-state index contributed by atoms with van der Waals surface area (Å²) in [5, 5.41) is 0. The van der Waals surface area contributed by atoms with Crippen LogP contribution in [0.3, 0.4) is 0 Å². The second-order valence-electron chi connectivity index (χ2n) is 2.95. The summed E-state index contributed by atoms with van der Waals surface area (Å²) in [6, 6.07) is 4.95. The molecule has 1 unspecified atom stereocenters.